The summed E-state index contributed by atoms with van der Waals surface area (Å²) >= 11 is 0. The molecule has 1 heterocycles. The van der Waals surface area contributed by atoms with E-state index in [-0.39, 0.29) is 18.0 Å². The van der Waals surface area contributed by atoms with Gasteiger partial charge in [0, 0.05) is 6.61 Å². The van der Waals surface area contributed by atoms with Crippen molar-refractivity contribution in [2.45, 2.75) is 26.7 Å². The van der Waals surface area contributed by atoms with E-state index >= 15 is 0 Å². The monoisotopic (exact) mass is 271 g/mol. The van der Waals surface area contributed by atoms with Crippen LogP contribution < -0.4 is 20.7 Å². The zero-order valence-electron chi connectivity index (χ0n) is 11.4. The SMILES string of the molecule is CCCCOCCOc1nc(NN)nc(OCC)n1. The summed E-state index contributed by atoms with van der Waals surface area (Å²) in [6, 6.07) is 0.331. The smallest absolute Gasteiger partial charge is 0.324 e. The maximum Gasteiger partial charge on any atom is 0.324 e. The third-order valence-electron chi connectivity index (χ3n) is 2.10. The number of nitrogens with zero attached hydrogens (tertiary/aromatic N) is 3. The first-order valence-corrected chi connectivity index (χ1v) is 6.36. The van der Waals surface area contributed by atoms with Gasteiger partial charge >= 0.3 is 12.0 Å². The molecule has 0 aliphatic carbocycles. The molecule has 1 rings (SSSR count). The Morgan fingerprint density at radius 2 is 1.74 bits per heavy atom. The van der Waals surface area contributed by atoms with Crippen molar-refractivity contribution in [3.63, 3.8) is 0 Å². The molecule has 0 amide bonds. The highest BCUT2D eigenvalue weighted by molar-refractivity contribution is 5.25. The second-order valence-corrected chi connectivity index (χ2v) is 3.62. The number of aromatic nitrogens is 3. The molecule has 0 atom stereocenters. The fraction of sp³-hybridized carbons (Fsp3) is 0.727. The third kappa shape index (κ3) is 6.16. The minimum absolute atomic E-state index is 0.158. The lowest BCUT2D eigenvalue weighted by molar-refractivity contribution is 0.0942. The van der Waals surface area contributed by atoms with Crippen molar-refractivity contribution in [1.82, 2.24) is 15.0 Å². The third-order valence-corrected chi connectivity index (χ3v) is 2.10. The number of hydrogen-bond donors (Lipinski definition) is 2. The average molecular weight is 271 g/mol. The van der Waals surface area contributed by atoms with E-state index in [1.807, 2.05) is 6.92 Å². The number of unbranched alkanes of at least 4 members (excludes halogenated alkanes) is 1. The number of nitrogens with one attached hydrogen (secondary N) is 1. The number of hydrogen-bond acceptors (Lipinski definition) is 8. The van der Waals surface area contributed by atoms with Crippen molar-refractivity contribution in [3.05, 3.63) is 0 Å². The molecule has 8 heteroatoms. The first-order chi connectivity index (χ1) is 9.30. The Balaban J connectivity index is 2.41. The lowest BCUT2D eigenvalue weighted by atomic mass is 10.4. The molecule has 0 bridgehead atoms. The Bertz CT molecular complexity index is 364. The molecule has 0 aromatic carbocycles. The van der Waals surface area contributed by atoms with Gasteiger partial charge in [-0.15, -0.1) is 4.98 Å². The van der Waals surface area contributed by atoms with Gasteiger partial charge in [-0.3, -0.25) is 5.43 Å². The zero-order valence-corrected chi connectivity index (χ0v) is 11.4. The van der Waals surface area contributed by atoms with E-state index < -0.39 is 0 Å². The normalized spacial score (nSPS) is 10.3. The molecule has 0 saturated heterocycles. The van der Waals surface area contributed by atoms with Crippen LogP contribution in [-0.4, -0.2) is 41.4 Å². The molecule has 0 aliphatic rings. The van der Waals surface area contributed by atoms with Gasteiger partial charge in [0.15, 0.2) is 0 Å². The summed E-state index contributed by atoms with van der Waals surface area (Å²) in [5.74, 6) is 5.45. The van der Waals surface area contributed by atoms with Crippen LogP contribution in [0, 0.1) is 0 Å². The minimum Gasteiger partial charge on any atom is -0.464 e. The summed E-state index contributed by atoms with van der Waals surface area (Å²) in [6.07, 6.45) is 2.15. The van der Waals surface area contributed by atoms with Crippen molar-refractivity contribution in [3.8, 4) is 12.0 Å². The molecule has 108 valence electrons. The Morgan fingerprint density at radius 1 is 1.00 bits per heavy atom. The number of rotatable bonds is 10. The summed E-state index contributed by atoms with van der Waals surface area (Å²) < 4.78 is 15.9. The lowest BCUT2D eigenvalue weighted by Crippen LogP contribution is -2.15. The number of ether oxygens (including phenoxy) is 3. The summed E-state index contributed by atoms with van der Waals surface area (Å²) in [6.45, 7) is 5.98. The lowest BCUT2D eigenvalue weighted by Gasteiger charge is -2.08. The summed E-state index contributed by atoms with van der Waals surface area (Å²) in [7, 11) is 0. The Labute approximate surface area is 112 Å². The molecule has 0 unspecified atom stereocenters. The van der Waals surface area contributed by atoms with E-state index in [1.165, 1.54) is 0 Å². The number of nitrogen functional groups attached to an aromatic ring is 1. The highest BCUT2D eigenvalue weighted by atomic mass is 16.5. The van der Waals surface area contributed by atoms with Crippen molar-refractivity contribution < 1.29 is 14.2 Å². The van der Waals surface area contributed by atoms with Gasteiger partial charge in [0.1, 0.15) is 6.61 Å². The standard InChI is InChI=1S/C11H21N5O3/c1-3-5-6-17-7-8-19-11-14-9(16-12)13-10(15-11)18-4-2/h3-8,12H2,1-2H3,(H,13,14,15,16). The topological polar surface area (TPSA) is 104 Å². The summed E-state index contributed by atoms with van der Waals surface area (Å²) in [5.41, 5.74) is 2.33. The van der Waals surface area contributed by atoms with Crippen LogP contribution >= 0.6 is 0 Å². The van der Waals surface area contributed by atoms with Gasteiger partial charge in [0.2, 0.25) is 5.95 Å². The Morgan fingerprint density at radius 3 is 2.37 bits per heavy atom. The molecule has 0 aliphatic heterocycles. The molecule has 19 heavy (non-hydrogen) atoms. The van der Waals surface area contributed by atoms with Gasteiger partial charge in [-0.1, -0.05) is 13.3 Å². The highest BCUT2D eigenvalue weighted by Gasteiger charge is 2.07. The Kier molecular flexibility index (Phi) is 7.52. The van der Waals surface area contributed by atoms with Crippen LogP contribution in [0.5, 0.6) is 12.0 Å². The second-order valence-electron chi connectivity index (χ2n) is 3.62. The molecule has 0 radical (unpaired) electrons. The Hall–Kier alpha value is -1.67. The molecule has 0 fully saturated rings. The van der Waals surface area contributed by atoms with Crippen LogP contribution in [0.4, 0.5) is 5.95 Å². The largest absolute Gasteiger partial charge is 0.464 e. The predicted molar refractivity (Wildman–Crippen MR) is 70.0 cm³/mol. The van der Waals surface area contributed by atoms with Gasteiger partial charge in [-0.2, -0.15) is 9.97 Å². The maximum absolute atomic E-state index is 5.36. The van der Waals surface area contributed by atoms with Crippen LogP contribution in [0.25, 0.3) is 0 Å². The molecular weight excluding hydrogens is 250 g/mol. The van der Waals surface area contributed by atoms with Crippen molar-refractivity contribution in [2.24, 2.45) is 5.84 Å². The number of hydrazine groups is 1. The number of nitrogens with two attached hydrogens (primary N) is 1. The number of anilines is 1. The van der Waals surface area contributed by atoms with E-state index in [0.717, 1.165) is 19.4 Å². The molecular formula is C11H21N5O3. The van der Waals surface area contributed by atoms with E-state index in [9.17, 15) is 0 Å². The molecule has 0 spiro atoms. The minimum atomic E-state index is 0.158. The molecule has 0 saturated carbocycles. The van der Waals surface area contributed by atoms with Gasteiger partial charge in [0.05, 0.1) is 13.2 Å². The molecule has 3 N–H and O–H groups in total. The van der Waals surface area contributed by atoms with E-state index in [1.54, 1.807) is 0 Å². The fourth-order valence-corrected chi connectivity index (χ4v) is 1.20. The van der Waals surface area contributed by atoms with Crippen molar-refractivity contribution in [1.29, 1.82) is 0 Å². The van der Waals surface area contributed by atoms with Gasteiger partial charge < -0.3 is 14.2 Å². The predicted octanol–water partition coefficient (Wildman–Crippen LogP) is 0.751. The quantitative estimate of drug-likeness (QED) is 0.365. The first-order valence-electron chi connectivity index (χ1n) is 6.36. The van der Waals surface area contributed by atoms with Crippen LogP contribution in [0.3, 0.4) is 0 Å². The van der Waals surface area contributed by atoms with Crippen molar-refractivity contribution >= 4 is 5.95 Å². The van der Waals surface area contributed by atoms with E-state index in [2.05, 4.69) is 27.3 Å². The first kappa shape index (κ1) is 15.4. The van der Waals surface area contributed by atoms with Gasteiger partial charge in [0.25, 0.3) is 0 Å². The van der Waals surface area contributed by atoms with Gasteiger partial charge in [-0.25, -0.2) is 5.84 Å². The highest BCUT2D eigenvalue weighted by Crippen LogP contribution is 2.11. The molecule has 1 aromatic heterocycles. The van der Waals surface area contributed by atoms with Crippen molar-refractivity contribution in [2.75, 3.05) is 31.9 Å². The fourth-order valence-electron chi connectivity index (χ4n) is 1.20. The van der Waals surface area contributed by atoms with Crippen LogP contribution in [-0.2, 0) is 4.74 Å². The summed E-state index contributed by atoms with van der Waals surface area (Å²) in [4.78, 5) is 11.9. The van der Waals surface area contributed by atoms with E-state index in [4.69, 9.17) is 20.1 Å². The van der Waals surface area contributed by atoms with Gasteiger partial charge in [-0.05, 0) is 13.3 Å². The molecule has 8 nitrogen and oxygen atoms in total. The van der Waals surface area contributed by atoms with E-state index in [0.29, 0.717) is 19.8 Å². The summed E-state index contributed by atoms with van der Waals surface area (Å²) in [5, 5.41) is 0. The zero-order chi connectivity index (χ0) is 13.9. The van der Waals surface area contributed by atoms with Crippen LogP contribution in [0.2, 0.25) is 0 Å². The van der Waals surface area contributed by atoms with Crippen LogP contribution in [0.1, 0.15) is 26.7 Å². The maximum atomic E-state index is 5.36. The van der Waals surface area contributed by atoms with Crippen LogP contribution in [0.15, 0.2) is 0 Å². The second kappa shape index (κ2) is 9.29. The average Bonchev–Trinajstić information content (AvgIpc) is 2.43. The molecule has 1 aromatic rings.